The molecule has 1 saturated heterocycles. The van der Waals surface area contributed by atoms with Gasteiger partial charge in [0, 0.05) is 25.3 Å². The third kappa shape index (κ3) is 3.11. The molecule has 0 aliphatic carbocycles. The summed E-state index contributed by atoms with van der Waals surface area (Å²) < 4.78 is 5.36. The summed E-state index contributed by atoms with van der Waals surface area (Å²) in [5, 5.41) is 3.21. The second-order valence-corrected chi connectivity index (χ2v) is 3.76. The zero-order valence-corrected chi connectivity index (χ0v) is 10.4. The van der Waals surface area contributed by atoms with Crippen molar-refractivity contribution in [2.24, 2.45) is 0 Å². The predicted molar refractivity (Wildman–Crippen MR) is 69.5 cm³/mol. The average molecular weight is 243 g/mol. The molecule has 0 amide bonds. The molecule has 0 aromatic heterocycles. The number of hydrogen-bond donors (Lipinski definition) is 1. The van der Waals surface area contributed by atoms with Crippen molar-refractivity contribution < 1.29 is 4.74 Å². The van der Waals surface area contributed by atoms with Gasteiger partial charge in [0.2, 0.25) is 0 Å². The van der Waals surface area contributed by atoms with E-state index in [1.807, 2.05) is 7.05 Å². The summed E-state index contributed by atoms with van der Waals surface area (Å²) in [6.45, 7) is 4.61. The Bertz CT molecular complexity index is 314. The van der Waals surface area contributed by atoms with Crippen LogP contribution in [0, 0.1) is 0 Å². The van der Waals surface area contributed by atoms with Crippen LogP contribution in [-0.4, -0.2) is 33.4 Å². The molecular formula is C12H19ClN2O. The van der Waals surface area contributed by atoms with E-state index in [4.69, 9.17) is 4.74 Å². The lowest BCUT2D eigenvalue weighted by molar-refractivity contribution is 0.122. The zero-order chi connectivity index (χ0) is 10.5. The second-order valence-electron chi connectivity index (χ2n) is 3.76. The van der Waals surface area contributed by atoms with Crippen molar-refractivity contribution in [3.63, 3.8) is 0 Å². The van der Waals surface area contributed by atoms with Crippen LogP contribution in [0.3, 0.4) is 0 Å². The van der Waals surface area contributed by atoms with Crippen LogP contribution in [0.25, 0.3) is 0 Å². The SMILES string of the molecule is CNCc1ccccc1N1CCOCC1.Cl. The molecule has 1 fully saturated rings. The normalized spacial score (nSPS) is 15.7. The number of para-hydroxylation sites is 1. The lowest BCUT2D eigenvalue weighted by Crippen LogP contribution is -2.37. The van der Waals surface area contributed by atoms with Crippen molar-refractivity contribution in [2.75, 3.05) is 38.3 Å². The van der Waals surface area contributed by atoms with E-state index in [9.17, 15) is 0 Å². The van der Waals surface area contributed by atoms with E-state index < -0.39 is 0 Å². The molecule has 1 aliphatic heterocycles. The summed E-state index contributed by atoms with van der Waals surface area (Å²) >= 11 is 0. The number of nitrogens with one attached hydrogen (secondary N) is 1. The first-order valence-electron chi connectivity index (χ1n) is 5.47. The summed E-state index contributed by atoms with van der Waals surface area (Å²) in [4.78, 5) is 2.40. The van der Waals surface area contributed by atoms with E-state index in [0.717, 1.165) is 32.8 Å². The van der Waals surface area contributed by atoms with Gasteiger partial charge < -0.3 is 15.0 Å². The first-order chi connectivity index (χ1) is 7.42. The molecule has 0 unspecified atom stereocenters. The Labute approximate surface area is 103 Å². The van der Waals surface area contributed by atoms with Crippen molar-refractivity contribution in [2.45, 2.75) is 6.54 Å². The Hall–Kier alpha value is -0.770. The van der Waals surface area contributed by atoms with E-state index in [2.05, 4.69) is 34.5 Å². The van der Waals surface area contributed by atoms with E-state index in [0.29, 0.717) is 0 Å². The number of hydrogen-bond acceptors (Lipinski definition) is 3. The molecule has 3 nitrogen and oxygen atoms in total. The van der Waals surface area contributed by atoms with E-state index in [1.165, 1.54) is 11.3 Å². The van der Waals surface area contributed by atoms with Crippen LogP contribution in [0.4, 0.5) is 5.69 Å². The number of anilines is 1. The first kappa shape index (κ1) is 13.3. The molecule has 0 atom stereocenters. The van der Waals surface area contributed by atoms with E-state index in [1.54, 1.807) is 0 Å². The summed E-state index contributed by atoms with van der Waals surface area (Å²) in [5.74, 6) is 0. The van der Waals surface area contributed by atoms with Crippen LogP contribution < -0.4 is 10.2 Å². The smallest absolute Gasteiger partial charge is 0.0642 e. The van der Waals surface area contributed by atoms with E-state index >= 15 is 0 Å². The van der Waals surface area contributed by atoms with Gasteiger partial charge >= 0.3 is 0 Å². The molecular weight excluding hydrogens is 224 g/mol. The Morgan fingerprint density at radius 1 is 1.25 bits per heavy atom. The monoisotopic (exact) mass is 242 g/mol. The molecule has 0 bridgehead atoms. The lowest BCUT2D eigenvalue weighted by atomic mass is 10.1. The Balaban J connectivity index is 0.00000128. The highest BCUT2D eigenvalue weighted by Gasteiger charge is 2.13. The quantitative estimate of drug-likeness (QED) is 0.873. The van der Waals surface area contributed by atoms with Gasteiger partial charge in [0.15, 0.2) is 0 Å². The molecule has 4 heteroatoms. The molecule has 1 aromatic carbocycles. The van der Waals surface area contributed by atoms with Gasteiger partial charge in [-0.15, -0.1) is 12.4 Å². The number of halogens is 1. The molecule has 0 spiro atoms. The number of ether oxygens (including phenoxy) is 1. The Kier molecular flexibility index (Phi) is 5.60. The minimum absolute atomic E-state index is 0. The molecule has 1 heterocycles. The zero-order valence-electron chi connectivity index (χ0n) is 9.61. The predicted octanol–water partition coefficient (Wildman–Crippen LogP) is 1.66. The molecule has 16 heavy (non-hydrogen) atoms. The van der Waals surface area contributed by atoms with Crippen LogP contribution in [0.5, 0.6) is 0 Å². The maximum Gasteiger partial charge on any atom is 0.0642 e. The molecule has 1 aliphatic rings. The van der Waals surface area contributed by atoms with Gasteiger partial charge in [-0.25, -0.2) is 0 Å². The summed E-state index contributed by atoms with van der Waals surface area (Å²) in [6.07, 6.45) is 0. The van der Waals surface area contributed by atoms with Gasteiger partial charge in [-0.1, -0.05) is 18.2 Å². The Morgan fingerprint density at radius 2 is 1.94 bits per heavy atom. The summed E-state index contributed by atoms with van der Waals surface area (Å²) in [7, 11) is 1.98. The minimum Gasteiger partial charge on any atom is -0.378 e. The molecule has 0 radical (unpaired) electrons. The maximum atomic E-state index is 5.36. The average Bonchev–Trinajstić information content (AvgIpc) is 2.31. The van der Waals surface area contributed by atoms with Crippen molar-refractivity contribution >= 4 is 18.1 Å². The molecule has 0 saturated carbocycles. The molecule has 90 valence electrons. The number of morpholine rings is 1. The van der Waals surface area contributed by atoms with Gasteiger partial charge in [0.25, 0.3) is 0 Å². The van der Waals surface area contributed by atoms with Crippen molar-refractivity contribution in [3.8, 4) is 0 Å². The highest BCUT2D eigenvalue weighted by atomic mass is 35.5. The van der Waals surface area contributed by atoms with Gasteiger partial charge in [0.05, 0.1) is 13.2 Å². The van der Waals surface area contributed by atoms with Crippen LogP contribution in [0.15, 0.2) is 24.3 Å². The number of nitrogens with zero attached hydrogens (tertiary/aromatic N) is 1. The third-order valence-electron chi connectivity index (χ3n) is 2.71. The van der Waals surface area contributed by atoms with Crippen molar-refractivity contribution in [3.05, 3.63) is 29.8 Å². The van der Waals surface area contributed by atoms with Crippen LogP contribution in [0.2, 0.25) is 0 Å². The molecule has 2 rings (SSSR count). The number of rotatable bonds is 3. The minimum atomic E-state index is 0. The number of benzene rings is 1. The summed E-state index contributed by atoms with van der Waals surface area (Å²) in [5.41, 5.74) is 2.71. The molecule has 1 N–H and O–H groups in total. The van der Waals surface area contributed by atoms with Gasteiger partial charge in [0.1, 0.15) is 0 Å². The van der Waals surface area contributed by atoms with Crippen LogP contribution in [-0.2, 0) is 11.3 Å². The standard InChI is InChI=1S/C12H18N2O.ClH/c1-13-10-11-4-2-3-5-12(11)14-6-8-15-9-7-14;/h2-5,13H,6-10H2,1H3;1H. The maximum absolute atomic E-state index is 5.36. The molecule has 1 aromatic rings. The third-order valence-corrected chi connectivity index (χ3v) is 2.71. The van der Waals surface area contributed by atoms with Gasteiger partial charge in [-0.05, 0) is 18.7 Å². The van der Waals surface area contributed by atoms with Crippen LogP contribution >= 0.6 is 12.4 Å². The van der Waals surface area contributed by atoms with Gasteiger partial charge in [-0.2, -0.15) is 0 Å². The lowest BCUT2D eigenvalue weighted by Gasteiger charge is -2.30. The fraction of sp³-hybridized carbons (Fsp3) is 0.500. The first-order valence-corrected chi connectivity index (χ1v) is 5.47. The largest absolute Gasteiger partial charge is 0.378 e. The summed E-state index contributed by atoms with van der Waals surface area (Å²) in [6, 6.07) is 8.57. The highest BCUT2D eigenvalue weighted by molar-refractivity contribution is 5.85. The fourth-order valence-corrected chi connectivity index (χ4v) is 1.96. The van der Waals surface area contributed by atoms with Gasteiger partial charge in [-0.3, -0.25) is 0 Å². The van der Waals surface area contributed by atoms with Crippen LogP contribution in [0.1, 0.15) is 5.56 Å². The fourth-order valence-electron chi connectivity index (χ4n) is 1.96. The highest BCUT2D eigenvalue weighted by Crippen LogP contribution is 2.20. The van der Waals surface area contributed by atoms with Crippen molar-refractivity contribution in [1.29, 1.82) is 0 Å². The Morgan fingerprint density at radius 3 is 2.62 bits per heavy atom. The second kappa shape index (κ2) is 6.74. The topological polar surface area (TPSA) is 24.5 Å². The van der Waals surface area contributed by atoms with Crippen molar-refractivity contribution in [1.82, 2.24) is 5.32 Å². The van der Waals surface area contributed by atoms with E-state index in [-0.39, 0.29) is 12.4 Å².